The lowest BCUT2D eigenvalue weighted by molar-refractivity contribution is -0.125. The standard InChI is InChI=1S/C14H19NO3S/c1-4-18-13-8-6-5-7-11(13)12(16)9-19-10-14(17)15(2)3/h5-8H,4,9-10H2,1-3H3. The minimum atomic E-state index is -0.0133. The van der Waals surface area contributed by atoms with Gasteiger partial charge in [0.15, 0.2) is 5.78 Å². The molecule has 5 heteroatoms. The van der Waals surface area contributed by atoms with E-state index in [9.17, 15) is 9.59 Å². The molecule has 0 heterocycles. The topological polar surface area (TPSA) is 46.6 Å². The molecule has 0 saturated carbocycles. The number of thioether (sulfide) groups is 1. The quantitative estimate of drug-likeness (QED) is 0.718. The lowest BCUT2D eigenvalue weighted by Gasteiger charge is -2.10. The van der Waals surface area contributed by atoms with Gasteiger partial charge >= 0.3 is 0 Å². The number of rotatable bonds is 7. The Labute approximate surface area is 118 Å². The van der Waals surface area contributed by atoms with E-state index >= 15 is 0 Å². The Bertz CT molecular complexity index is 446. The molecular formula is C14H19NO3S. The summed E-state index contributed by atoms with van der Waals surface area (Å²) in [6.07, 6.45) is 0. The summed E-state index contributed by atoms with van der Waals surface area (Å²) in [7, 11) is 3.41. The molecule has 0 saturated heterocycles. The molecule has 0 aromatic heterocycles. The van der Waals surface area contributed by atoms with E-state index in [1.54, 1.807) is 26.2 Å². The summed E-state index contributed by atoms with van der Waals surface area (Å²) >= 11 is 1.32. The van der Waals surface area contributed by atoms with Gasteiger partial charge in [-0.1, -0.05) is 12.1 Å². The molecule has 0 spiro atoms. The summed E-state index contributed by atoms with van der Waals surface area (Å²) in [5, 5.41) is 0. The Morgan fingerprint density at radius 3 is 2.53 bits per heavy atom. The molecule has 19 heavy (non-hydrogen) atoms. The largest absolute Gasteiger partial charge is 0.493 e. The maximum Gasteiger partial charge on any atom is 0.232 e. The van der Waals surface area contributed by atoms with Gasteiger partial charge in [0.1, 0.15) is 5.75 Å². The SMILES string of the molecule is CCOc1ccccc1C(=O)CSCC(=O)N(C)C. The van der Waals surface area contributed by atoms with Gasteiger partial charge in [-0.25, -0.2) is 0 Å². The van der Waals surface area contributed by atoms with Crippen LogP contribution in [-0.2, 0) is 4.79 Å². The van der Waals surface area contributed by atoms with Crippen molar-refractivity contribution >= 4 is 23.5 Å². The number of carbonyl (C=O) groups is 2. The predicted octanol–water partition coefficient (Wildman–Crippen LogP) is 2.09. The summed E-state index contributed by atoms with van der Waals surface area (Å²) in [4.78, 5) is 25.0. The molecule has 4 nitrogen and oxygen atoms in total. The summed E-state index contributed by atoms with van der Waals surface area (Å²) < 4.78 is 5.42. The maximum absolute atomic E-state index is 12.1. The predicted molar refractivity (Wildman–Crippen MR) is 78.0 cm³/mol. The Morgan fingerprint density at radius 2 is 1.89 bits per heavy atom. The summed E-state index contributed by atoms with van der Waals surface area (Å²) in [5.41, 5.74) is 0.578. The van der Waals surface area contributed by atoms with Crippen LogP contribution in [0.1, 0.15) is 17.3 Å². The van der Waals surface area contributed by atoms with E-state index in [-0.39, 0.29) is 17.4 Å². The highest BCUT2D eigenvalue weighted by atomic mass is 32.2. The molecule has 104 valence electrons. The summed E-state index contributed by atoms with van der Waals surface area (Å²) in [6, 6.07) is 7.18. The van der Waals surface area contributed by atoms with Crippen LogP contribution in [0.2, 0.25) is 0 Å². The lowest BCUT2D eigenvalue weighted by Crippen LogP contribution is -2.24. The van der Waals surface area contributed by atoms with Crippen LogP contribution in [-0.4, -0.2) is 48.8 Å². The molecule has 0 aliphatic rings. The Morgan fingerprint density at radius 1 is 1.21 bits per heavy atom. The van der Waals surface area contributed by atoms with Crippen LogP contribution in [0.25, 0.3) is 0 Å². The monoisotopic (exact) mass is 281 g/mol. The second-order valence-corrected chi connectivity index (χ2v) is 5.12. The number of hydrogen-bond acceptors (Lipinski definition) is 4. The number of ketones is 1. The number of carbonyl (C=O) groups excluding carboxylic acids is 2. The number of ether oxygens (including phenoxy) is 1. The number of Topliss-reactive ketones (excluding diaryl/α,β-unsaturated/α-hetero) is 1. The van der Waals surface area contributed by atoms with E-state index in [0.717, 1.165) is 0 Å². The van der Waals surface area contributed by atoms with Crippen molar-refractivity contribution < 1.29 is 14.3 Å². The van der Waals surface area contributed by atoms with Crippen LogP contribution in [0, 0.1) is 0 Å². The highest BCUT2D eigenvalue weighted by molar-refractivity contribution is 8.00. The molecule has 0 atom stereocenters. The molecular weight excluding hydrogens is 262 g/mol. The average Bonchev–Trinajstić information content (AvgIpc) is 2.39. The third kappa shape index (κ3) is 4.95. The van der Waals surface area contributed by atoms with Gasteiger partial charge in [0.05, 0.1) is 23.7 Å². The highest BCUT2D eigenvalue weighted by Crippen LogP contribution is 2.20. The average molecular weight is 281 g/mol. The molecule has 0 bridgehead atoms. The van der Waals surface area contributed by atoms with Crippen molar-refractivity contribution in [1.29, 1.82) is 0 Å². The molecule has 0 aliphatic carbocycles. The zero-order valence-electron chi connectivity index (χ0n) is 11.5. The molecule has 0 N–H and O–H groups in total. The smallest absolute Gasteiger partial charge is 0.232 e. The van der Waals surface area contributed by atoms with Crippen LogP contribution < -0.4 is 4.74 Å². The number of nitrogens with zero attached hydrogens (tertiary/aromatic N) is 1. The van der Waals surface area contributed by atoms with E-state index in [1.165, 1.54) is 16.7 Å². The van der Waals surface area contributed by atoms with Crippen molar-refractivity contribution in [3.63, 3.8) is 0 Å². The van der Waals surface area contributed by atoms with Crippen LogP contribution in [0.15, 0.2) is 24.3 Å². The van der Waals surface area contributed by atoms with Gasteiger partial charge in [0.2, 0.25) is 5.91 Å². The van der Waals surface area contributed by atoms with Gasteiger partial charge in [-0.3, -0.25) is 9.59 Å². The van der Waals surface area contributed by atoms with Crippen molar-refractivity contribution in [1.82, 2.24) is 4.90 Å². The Balaban J connectivity index is 2.56. The molecule has 0 unspecified atom stereocenters. The number of benzene rings is 1. The third-order valence-corrected chi connectivity index (χ3v) is 3.36. The van der Waals surface area contributed by atoms with Gasteiger partial charge in [-0.15, -0.1) is 11.8 Å². The number of amides is 1. The highest BCUT2D eigenvalue weighted by Gasteiger charge is 2.13. The lowest BCUT2D eigenvalue weighted by atomic mass is 10.1. The first-order valence-electron chi connectivity index (χ1n) is 6.09. The molecule has 1 amide bonds. The van der Waals surface area contributed by atoms with Crippen molar-refractivity contribution in [2.75, 3.05) is 32.2 Å². The van der Waals surface area contributed by atoms with Gasteiger partial charge in [-0.2, -0.15) is 0 Å². The second-order valence-electron chi connectivity index (χ2n) is 4.13. The Hall–Kier alpha value is -1.49. The van der Waals surface area contributed by atoms with E-state index in [0.29, 0.717) is 23.7 Å². The van der Waals surface area contributed by atoms with Crippen LogP contribution in [0.4, 0.5) is 0 Å². The molecule has 0 aliphatic heterocycles. The third-order valence-electron chi connectivity index (χ3n) is 2.44. The first-order chi connectivity index (χ1) is 9.06. The molecule has 1 aromatic rings. The van der Waals surface area contributed by atoms with Gasteiger partial charge in [0, 0.05) is 14.1 Å². The second kappa shape index (κ2) is 7.84. The fraction of sp³-hybridized carbons (Fsp3) is 0.429. The minimum Gasteiger partial charge on any atom is -0.493 e. The van der Waals surface area contributed by atoms with Crippen molar-refractivity contribution in [2.45, 2.75) is 6.92 Å². The fourth-order valence-electron chi connectivity index (χ4n) is 1.42. The first kappa shape index (κ1) is 15.6. The van der Waals surface area contributed by atoms with E-state index in [1.807, 2.05) is 19.1 Å². The summed E-state index contributed by atoms with van der Waals surface area (Å²) in [6.45, 7) is 2.41. The first-order valence-corrected chi connectivity index (χ1v) is 7.24. The fourth-order valence-corrected chi connectivity index (χ4v) is 2.29. The van der Waals surface area contributed by atoms with Gasteiger partial charge in [-0.05, 0) is 19.1 Å². The number of para-hydroxylation sites is 1. The maximum atomic E-state index is 12.1. The zero-order chi connectivity index (χ0) is 14.3. The minimum absolute atomic E-state index is 0.0101. The van der Waals surface area contributed by atoms with Crippen LogP contribution in [0.3, 0.4) is 0 Å². The van der Waals surface area contributed by atoms with E-state index in [4.69, 9.17) is 4.74 Å². The summed E-state index contributed by atoms with van der Waals surface area (Å²) in [5.74, 6) is 1.20. The normalized spacial score (nSPS) is 10.1. The van der Waals surface area contributed by atoms with Crippen molar-refractivity contribution in [2.24, 2.45) is 0 Å². The molecule has 0 fully saturated rings. The van der Waals surface area contributed by atoms with E-state index < -0.39 is 0 Å². The molecule has 1 aromatic carbocycles. The number of hydrogen-bond donors (Lipinski definition) is 0. The molecule has 0 radical (unpaired) electrons. The molecule has 1 rings (SSSR count). The van der Waals surface area contributed by atoms with Crippen molar-refractivity contribution in [3.05, 3.63) is 29.8 Å². The van der Waals surface area contributed by atoms with Crippen molar-refractivity contribution in [3.8, 4) is 5.75 Å². The Kier molecular flexibility index (Phi) is 6.42. The van der Waals surface area contributed by atoms with E-state index in [2.05, 4.69) is 0 Å². The van der Waals surface area contributed by atoms with Gasteiger partial charge in [0.25, 0.3) is 0 Å². The van der Waals surface area contributed by atoms with Crippen LogP contribution >= 0.6 is 11.8 Å². The zero-order valence-corrected chi connectivity index (χ0v) is 12.3. The van der Waals surface area contributed by atoms with Gasteiger partial charge < -0.3 is 9.64 Å². The van der Waals surface area contributed by atoms with Crippen LogP contribution in [0.5, 0.6) is 5.75 Å².